The van der Waals surface area contributed by atoms with Crippen molar-refractivity contribution >= 4 is 0 Å². The molecule has 2 heterocycles. The summed E-state index contributed by atoms with van der Waals surface area (Å²) in [5, 5.41) is 37.8. The molecule has 4 N–H and O–H groups in total. The van der Waals surface area contributed by atoms with Crippen LogP contribution >= 0.6 is 0 Å². The molecule has 2 aliphatic heterocycles. The lowest BCUT2D eigenvalue weighted by atomic mass is 9.93. The van der Waals surface area contributed by atoms with E-state index in [4.69, 9.17) is 0 Å². The fourth-order valence-electron chi connectivity index (χ4n) is 2.30. The van der Waals surface area contributed by atoms with Crippen molar-refractivity contribution in [2.75, 3.05) is 13.1 Å². The van der Waals surface area contributed by atoms with Crippen molar-refractivity contribution in [1.82, 2.24) is 4.90 Å². The standard InChI is InChI=1S/C8H15NO4/c10-4-1-2-9-3-5(11)7(12)8(13)6(4)9/h4-8,10-13H,1-3H2/t4?,5?,6-,7?,8?/m0/s1. The molecular formula is C8H15NO4. The highest BCUT2D eigenvalue weighted by molar-refractivity contribution is 5.01. The molecule has 0 bridgehead atoms. The minimum atomic E-state index is -1.13. The van der Waals surface area contributed by atoms with Gasteiger partial charge in [-0.3, -0.25) is 4.90 Å². The summed E-state index contributed by atoms with van der Waals surface area (Å²) in [5.41, 5.74) is 0. The predicted octanol–water partition coefficient (Wildman–Crippen LogP) is -2.48. The Morgan fingerprint density at radius 3 is 2.31 bits per heavy atom. The van der Waals surface area contributed by atoms with E-state index < -0.39 is 30.5 Å². The Kier molecular flexibility index (Phi) is 2.29. The first kappa shape index (κ1) is 9.36. The van der Waals surface area contributed by atoms with Gasteiger partial charge in [-0.15, -0.1) is 0 Å². The molecule has 0 aliphatic carbocycles. The molecule has 0 aromatic heterocycles. The molecule has 2 aliphatic rings. The van der Waals surface area contributed by atoms with E-state index in [9.17, 15) is 20.4 Å². The molecule has 5 heteroatoms. The highest BCUT2D eigenvalue weighted by atomic mass is 16.4. The van der Waals surface area contributed by atoms with E-state index in [2.05, 4.69) is 0 Å². The molecule has 2 fully saturated rings. The lowest BCUT2D eigenvalue weighted by Gasteiger charge is -2.40. The van der Waals surface area contributed by atoms with Crippen LogP contribution in [0, 0.1) is 0 Å². The van der Waals surface area contributed by atoms with Crippen molar-refractivity contribution in [3.05, 3.63) is 0 Å². The zero-order chi connectivity index (χ0) is 9.59. The van der Waals surface area contributed by atoms with Crippen molar-refractivity contribution in [3.8, 4) is 0 Å². The van der Waals surface area contributed by atoms with Crippen LogP contribution in [0.3, 0.4) is 0 Å². The van der Waals surface area contributed by atoms with Gasteiger partial charge < -0.3 is 20.4 Å². The molecule has 0 radical (unpaired) electrons. The van der Waals surface area contributed by atoms with Gasteiger partial charge in [0.2, 0.25) is 0 Å². The van der Waals surface area contributed by atoms with Gasteiger partial charge in [-0.1, -0.05) is 0 Å². The number of fused-ring (bicyclic) bond motifs is 1. The van der Waals surface area contributed by atoms with Gasteiger partial charge >= 0.3 is 0 Å². The fraction of sp³-hybridized carbons (Fsp3) is 1.00. The summed E-state index contributed by atoms with van der Waals surface area (Å²) in [7, 11) is 0. The predicted molar refractivity (Wildman–Crippen MR) is 44.0 cm³/mol. The summed E-state index contributed by atoms with van der Waals surface area (Å²) >= 11 is 0. The van der Waals surface area contributed by atoms with E-state index in [1.165, 1.54) is 0 Å². The van der Waals surface area contributed by atoms with Crippen LogP contribution in [-0.4, -0.2) is 68.9 Å². The van der Waals surface area contributed by atoms with Crippen LogP contribution in [0.25, 0.3) is 0 Å². The van der Waals surface area contributed by atoms with Crippen LogP contribution in [0.1, 0.15) is 6.42 Å². The maximum absolute atomic E-state index is 9.58. The second-order valence-corrected chi connectivity index (χ2v) is 3.89. The minimum Gasteiger partial charge on any atom is -0.391 e. The second-order valence-electron chi connectivity index (χ2n) is 3.89. The molecule has 13 heavy (non-hydrogen) atoms. The normalized spacial score (nSPS) is 52.2. The van der Waals surface area contributed by atoms with Crippen molar-refractivity contribution in [2.45, 2.75) is 36.9 Å². The Balaban J connectivity index is 2.15. The maximum Gasteiger partial charge on any atom is 0.109 e. The van der Waals surface area contributed by atoms with Gasteiger partial charge in [-0.05, 0) is 6.42 Å². The van der Waals surface area contributed by atoms with Gasteiger partial charge in [0.1, 0.15) is 12.2 Å². The largest absolute Gasteiger partial charge is 0.391 e. The molecule has 0 aromatic carbocycles. The lowest BCUT2D eigenvalue weighted by molar-refractivity contribution is -0.140. The molecule has 5 nitrogen and oxygen atoms in total. The molecule has 2 saturated heterocycles. The summed E-state index contributed by atoms with van der Waals surface area (Å²) in [4.78, 5) is 1.83. The summed E-state index contributed by atoms with van der Waals surface area (Å²) in [5.74, 6) is 0. The average molecular weight is 189 g/mol. The van der Waals surface area contributed by atoms with E-state index in [0.717, 1.165) is 0 Å². The lowest BCUT2D eigenvalue weighted by Crippen LogP contribution is -2.61. The third-order valence-corrected chi connectivity index (χ3v) is 3.04. The molecular weight excluding hydrogens is 174 g/mol. The third kappa shape index (κ3) is 1.37. The maximum atomic E-state index is 9.58. The van der Waals surface area contributed by atoms with Crippen LogP contribution in [-0.2, 0) is 0 Å². The van der Waals surface area contributed by atoms with Crippen molar-refractivity contribution < 1.29 is 20.4 Å². The minimum absolute atomic E-state index is 0.333. The van der Waals surface area contributed by atoms with Gasteiger partial charge in [0.15, 0.2) is 0 Å². The molecule has 0 aromatic rings. The topological polar surface area (TPSA) is 84.2 Å². The Morgan fingerprint density at radius 2 is 1.62 bits per heavy atom. The first-order valence-electron chi connectivity index (χ1n) is 4.57. The molecule has 5 atom stereocenters. The molecule has 76 valence electrons. The van der Waals surface area contributed by atoms with Crippen LogP contribution in [0.4, 0.5) is 0 Å². The van der Waals surface area contributed by atoms with E-state index in [1.54, 1.807) is 0 Å². The molecule has 0 amide bonds. The number of aliphatic hydroxyl groups is 4. The molecule has 0 saturated carbocycles. The number of piperidine rings is 1. The van der Waals surface area contributed by atoms with Crippen molar-refractivity contribution in [1.29, 1.82) is 0 Å². The van der Waals surface area contributed by atoms with E-state index in [1.807, 2.05) is 4.90 Å². The molecule has 2 rings (SSSR count). The fourth-order valence-corrected chi connectivity index (χ4v) is 2.30. The number of nitrogens with zero attached hydrogens (tertiary/aromatic N) is 1. The molecule has 0 spiro atoms. The van der Waals surface area contributed by atoms with Crippen LogP contribution < -0.4 is 0 Å². The van der Waals surface area contributed by atoms with Gasteiger partial charge in [0.05, 0.1) is 18.2 Å². The first-order valence-corrected chi connectivity index (χ1v) is 4.57. The number of rotatable bonds is 0. The van der Waals surface area contributed by atoms with E-state index in [-0.39, 0.29) is 0 Å². The Morgan fingerprint density at radius 1 is 0.923 bits per heavy atom. The smallest absolute Gasteiger partial charge is 0.109 e. The third-order valence-electron chi connectivity index (χ3n) is 3.04. The average Bonchev–Trinajstić information content (AvgIpc) is 2.43. The van der Waals surface area contributed by atoms with Gasteiger partial charge in [-0.2, -0.15) is 0 Å². The summed E-state index contributed by atoms with van der Waals surface area (Å²) in [6.07, 6.45) is -3.06. The Hall–Kier alpha value is -0.200. The van der Waals surface area contributed by atoms with Gasteiger partial charge in [-0.25, -0.2) is 0 Å². The van der Waals surface area contributed by atoms with Gasteiger partial charge in [0, 0.05) is 13.1 Å². The first-order chi connectivity index (χ1) is 6.11. The zero-order valence-corrected chi connectivity index (χ0v) is 7.24. The zero-order valence-electron chi connectivity index (χ0n) is 7.24. The van der Waals surface area contributed by atoms with Crippen molar-refractivity contribution in [2.24, 2.45) is 0 Å². The summed E-state index contributed by atoms with van der Waals surface area (Å²) < 4.78 is 0. The second kappa shape index (κ2) is 3.18. The molecule has 4 unspecified atom stereocenters. The quantitative estimate of drug-likeness (QED) is 0.339. The Labute approximate surface area is 76.2 Å². The summed E-state index contributed by atoms with van der Waals surface area (Å²) in [6.45, 7) is 1.01. The SMILES string of the molecule is OC1CN2CCC(O)[C@H]2C(O)C1O. The highest BCUT2D eigenvalue weighted by Gasteiger charge is 2.47. The highest BCUT2D eigenvalue weighted by Crippen LogP contribution is 2.27. The van der Waals surface area contributed by atoms with Crippen LogP contribution in [0.5, 0.6) is 0 Å². The number of hydrogen-bond donors (Lipinski definition) is 4. The summed E-state index contributed by atoms with van der Waals surface area (Å²) in [6, 6.07) is -0.404. The van der Waals surface area contributed by atoms with Crippen molar-refractivity contribution in [3.63, 3.8) is 0 Å². The van der Waals surface area contributed by atoms with Crippen LogP contribution in [0.15, 0.2) is 0 Å². The Bertz CT molecular complexity index is 201. The van der Waals surface area contributed by atoms with Gasteiger partial charge in [0.25, 0.3) is 0 Å². The number of aliphatic hydroxyl groups excluding tert-OH is 4. The number of hydrogen-bond acceptors (Lipinski definition) is 5. The van der Waals surface area contributed by atoms with E-state index in [0.29, 0.717) is 19.5 Å². The monoisotopic (exact) mass is 189 g/mol. The van der Waals surface area contributed by atoms with E-state index >= 15 is 0 Å². The van der Waals surface area contributed by atoms with Crippen LogP contribution in [0.2, 0.25) is 0 Å².